The number of hydrogen-bond acceptors (Lipinski definition) is 6. The van der Waals surface area contributed by atoms with Crippen molar-refractivity contribution < 1.29 is 4.79 Å². The molecule has 2 aromatic heterocycles. The predicted molar refractivity (Wildman–Crippen MR) is 90.8 cm³/mol. The largest absolute Gasteiger partial charge is 0.349 e. The number of rotatable bonds is 4. The molecule has 1 aliphatic heterocycles. The Morgan fingerprint density at radius 2 is 1.87 bits per heavy atom. The number of nitrogens with one attached hydrogen (secondary N) is 1. The fourth-order valence-corrected chi connectivity index (χ4v) is 3.21. The van der Waals surface area contributed by atoms with E-state index in [1.165, 1.54) is 11.8 Å². The molecule has 3 rings (SSSR count). The average Bonchev–Trinajstić information content (AvgIpc) is 2.63. The van der Waals surface area contributed by atoms with Crippen molar-refractivity contribution in [2.24, 2.45) is 0 Å². The molecule has 2 aromatic rings. The molecule has 0 bridgehead atoms. The van der Waals surface area contributed by atoms with Crippen LogP contribution < -0.4 is 10.2 Å². The number of hydrogen-bond donors (Lipinski definition) is 1. The molecule has 7 heteroatoms. The van der Waals surface area contributed by atoms with Gasteiger partial charge in [-0.25, -0.2) is 15.0 Å². The van der Waals surface area contributed by atoms with E-state index >= 15 is 0 Å². The summed E-state index contributed by atoms with van der Waals surface area (Å²) in [6.07, 6.45) is 8.92. The van der Waals surface area contributed by atoms with Crippen molar-refractivity contribution in [1.82, 2.24) is 20.3 Å². The van der Waals surface area contributed by atoms with Crippen molar-refractivity contribution in [2.45, 2.75) is 23.9 Å². The number of amides is 1. The van der Waals surface area contributed by atoms with Gasteiger partial charge in [-0.15, -0.1) is 11.8 Å². The lowest BCUT2D eigenvalue weighted by Gasteiger charge is -2.32. The molecule has 1 aliphatic rings. The smallest absolute Gasteiger partial charge is 0.254 e. The zero-order chi connectivity index (χ0) is 16.1. The van der Waals surface area contributed by atoms with E-state index in [9.17, 15) is 4.79 Å². The lowest BCUT2D eigenvalue weighted by Crippen LogP contribution is -2.45. The first-order chi connectivity index (χ1) is 11.3. The van der Waals surface area contributed by atoms with Crippen LogP contribution in [0.2, 0.25) is 0 Å². The zero-order valence-electron chi connectivity index (χ0n) is 13.0. The highest BCUT2D eigenvalue weighted by atomic mass is 32.2. The fourth-order valence-electron chi connectivity index (χ4n) is 2.67. The number of aromatic nitrogens is 3. The zero-order valence-corrected chi connectivity index (χ0v) is 13.8. The summed E-state index contributed by atoms with van der Waals surface area (Å²) < 4.78 is 0. The van der Waals surface area contributed by atoms with E-state index in [1.807, 2.05) is 18.4 Å². The second-order valence-corrected chi connectivity index (χ2v) is 6.14. The predicted octanol–water partition coefficient (Wildman–Crippen LogP) is 1.99. The van der Waals surface area contributed by atoms with E-state index in [0.29, 0.717) is 5.56 Å². The molecular formula is C16H19N5OS. The monoisotopic (exact) mass is 329 g/mol. The van der Waals surface area contributed by atoms with Gasteiger partial charge in [0.2, 0.25) is 5.95 Å². The van der Waals surface area contributed by atoms with Gasteiger partial charge in [0.1, 0.15) is 5.03 Å². The standard InChI is InChI=1S/C16H19N5OS/c1-23-15-13(4-2-7-17-15)14(22)20-12-5-10-21(11-6-12)16-18-8-3-9-19-16/h2-4,7-9,12H,5-6,10-11H2,1H3,(H,20,22). The molecule has 0 spiro atoms. The summed E-state index contributed by atoms with van der Waals surface area (Å²) in [6.45, 7) is 1.69. The Balaban J connectivity index is 1.57. The Bertz CT molecular complexity index is 659. The van der Waals surface area contributed by atoms with Crippen molar-refractivity contribution in [3.63, 3.8) is 0 Å². The Hall–Kier alpha value is -2.15. The van der Waals surface area contributed by atoms with E-state index in [-0.39, 0.29) is 11.9 Å². The minimum Gasteiger partial charge on any atom is -0.349 e. The number of pyridine rings is 1. The average molecular weight is 329 g/mol. The Labute approximate surface area is 139 Å². The molecule has 6 nitrogen and oxygen atoms in total. The molecule has 0 saturated carbocycles. The molecule has 1 saturated heterocycles. The van der Waals surface area contributed by atoms with E-state index in [1.54, 1.807) is 24.7 Å². The molecule has 3 heterocycles. The van der Waals surface area contributed by atoms with Gasteiger partial charge in [0, 0.05) is 37.7 Å². The van der Waals surface area contributed by atoms with Crippen LogP contribution in [0.5, 0.6) is 0 Å². The normalized spacial score (nSPS) is 15.4. The number of carbonyl (C=O) groups is 1. The van der Waals surface area contributed by atoms with Crippen LogP contribution in [0, 0.1) is 0 Å². The summed E-state index contributed by atoms with van der Waals surface area (Å²) in [6, 6.07) is 5.61. The molecule has 1 fully saturated rings. The van der Waals surface area contributed by atoms with Crippen LogP contribution in [-0.4, -0.2) is 46.2 Å². The molecule has 0 aliphatic carbocycles. The molecular weight excluding hydrogens is 310 g/mol. The van der Waals surface area contributed by atoms with Crippen LogP contribution in [0.1, 0.15) is 23.2 Å². The van der Waals surface area contributed by atoms with Gasteiger partial charge in [-0.05, 0) is 37.3 Å². The van der Waals surface area contributed by atoms with Gasteiger partial charge in [-0.1, -0.05) is 0 Å². The molecule has 23 heavy (non-hydrogen) atoms. The van der Waals surface area contributed by atoms with Gasteiger partial charge in [0.15, 0.2) is 0 Å². The first kappa shape index (κ1) is 15.7. The second-order valence-electron chi connectivity index (χ2n) is 5.34. The number of carbonyl (C=O) groups excluding carboxylic acids is 1. The third-order valence-electron chi connectivity index (χ3n) is 3.87. The fraction of sp³-hybridized carbons (Fsp3) is 0.375. The summed E-state index contributed by atoms with van der Waals surface area (Å²) in [7, 11) is 0. The number of anilines is 1. The van der Waals surface area contributed by atoms with E-state index in [2.05, 4.69) is 25.2 Å². The summed E-state index contributed by atoms with van der Waals surface area (Å²) in [5.74, 6) is 0.714. The van der Waals surface area contributed by atoms with Crippen LogP contribution in [0.4, 0.5) is 5.95 Å². The first-order valence-electron chi connectivity index (χ1n) is 7.60. The maximum Gasteiger partial charge on any atom is 0.254 e. The quantitative estimate of drug-likeness (QED) is 0.865. The van der Waals surface area contributed by atoms with Crippen molar-refractivity contribution in [3.05, 3.63) is 42.4 Å². The SMILES string of the molecule is CSc1ncccc1C(=O)NC1CCN(c2ncccn2)CC1. The summed E-state index contributed by atoms with van der Waals surface area (Å²) in [4.78, 5) is 27.4. The highest BCUT2D eigenvalue weighted by molar-refractivity contribution is 7.98. The first-order valence-corrected chi connectivity index (χ1v) is 8.82. The van der Waals surface area contributed by atoms with Gasteiger partial charge < -0.3 is 10.2 Å². The van der Waals surface area contributed by atoms with Crippen molar-refractivity contribution in [3.8, 4) is 0 Å². The summed E-state index contributed by atoms with van der Waals surface area (Å²) in [5, 5.41) is 3.89. The molecule has 1 N–H and O–H groups in total. The van der Waals surface area contributed by atoms with Crippen LogP contribution in [-0.2, 0) is 0 Å². The molecule has 1 amide bonds. The Kier molecular flexibility index (Phi) is 5.07. The van der Waals surface area contributed by atoms with E-state index in [0.717, 1.165) is 36.9 Å². The lowest BCUT2D eigenvalue weighted by atomic mass is 10.0. The maximum atomic E-state index is 12.4. The van der Waals surface area contributed by atoms with Crippen LogP contribution >= 0.6 is 11.8 Å². The molecule has 0 aromatic carbocycles. The van der Waals surface area contributed by atoms with Gasteiger partial charge in [-0.3, -0.25) is 4.79 Å². The third kappa shape index (κ3) is 3.79. The minimum absolute atomic E-state index is 0.0446. The Morgan fingerprint density at radius 1 is 1.17 bits per heavy atom. The highest BCUT2D eigenvalue weighted by Crippen LogP contribution is 2.19. The number of thioether (sulfide) groups is 1. The van der Waals surface area contributed by atoms with Crippen molar-refractivity contribution >= 4 is 23.6 Å². The van der Waals surface area contributed by atoms with Crippen molar-refractivity contribution in [1.29, 1.82) is 0 Å². The minimum atomic E-state index is -0.0446. The van der Waals surface area contributed by atoms with Crippen molar-refractivity contribution in [2.75, 3.05) is 24.2 Å². The van der Waals surface area contributed by atoms with Crippen LogP contribution in [0.15, 0.2) is 41.8 Å². The van der Waals surface area contributed by atoms with Gasteiger partial charge in [0.05, 0.1) is 5.56 Å². The summed E-state index contributed by atoms with van der Waals surface area (Å²) in [5.41, 5.74) is 0.647. The lowest BCUT2D eigenvalue weighted by molar-refractivity contribution is 0.0927. The van der Waals surface area contributed by atoms with Gasteiger partial charge >= 0.3 is 0 Å². The van der Waals surface area contributed by atoms with E-state index < -0.39 is 0 Å². The Morgan fingerprint density at radius 3 is 2.57 bits per heavy atom. The summed E-state index contributed by atoms with van der Waals surface area (Å²) >= 11 is 1.49. The number of nitrogens with zero attached hydrogens (tertiary/aromatic N) is 4. The maximum absolute atomic E-state index is 12.4. The van der Waals surface area contributed by atoms with Crippen LogP contribution in [0.3, 0.4) is 0 Å². The van der Waals surface area contributed by atoms with E-state index in [4.69, 9.17) is 0 Å². The topological polar surface area (TPSA) is 71.0 Å². The third-order valence-corrected chi connectivity index (χ3v) is 4.59. The molecule has 120 valence electrons. The van der Waals surface area contributed by atoms with Gasteiger partial charge in [0.25, 0.3) is 5.91 Å². The van der Waals surface area contributed by atoms with Crippen LogP contribution in [0.25, 0.3) is 0 Å². The molecule has 0 radical (unpaired) electrons. The second kappa shape index (κ2) is 7.41. The molecule has 0 atom stereocenters. The highest BCUT2D eigenvalue weighted by Gasteiger charge is 2.23. The van der Waals surface area contributed by atoms with Gasteiger partial charge in [-0.2, -0.15) is 0 Å². The molecule has 0 unspecified atom stereocenters. The number of piperidine rings is 1.